The molecule has 0 radical (unpaired) electrons. The zero-order valence-electron chi connectivity index (χ0n) is 16.0. The molecule has 0 amide bonds. The molecule has 0 aromatic heterocycles. The molecule has 1 saturated heterocycles. The zero-order chi connectivity index (χ0) is 21.2. The summed E-state index contributed by atoms with van der Waals surface area (Å²) in [6, 6.07) is 17.6. The van der Waals surface area contributed by atoms with Crippen molar-refractivity contribution in [1.29, 1.82) is 0 Å². The van der Waals surface area contributed by atoms with Crippen LogP contribution in [0.15, 0.2) is 70.9 Å². The molecule has 1 aliphatic heterocycles. The summed E-state index contributed by atoms with van der Waals surface area (Å²) in [6.07, 6.45) is -3.21. The Hall–Kier alpha value is -3.39. The van der Waals surface area contributed by atoms with Crippen LogP contribution in [0.25, 0.3) is 20.9 Å². The van der Waals surface area contributed by atoms with Crippen LogP contribution in [-0.4, -0.2) is 36.9 Å². The van der Waals surface area contributed by atoms with E-state index in [1.54, 1.807) is 0 Å². The maximum atomic E-state index is 12.9. The van der Waals surface area contributed by atoms with E-state index in [4.69, 9.17) is 25.3 Å². The van der Waals surface area contributed by atoms with Crippen LogP contribution >= 0.6 is 0 Å². The summed E-state index contributed by atoms with van der Waals surface area (Å²) in [5, 5.41) is 7.16. The Bertz CT molecular complexity index is 929. The second-order valence-corrected chi connectivity index (χ2v) is 6.52. The molecule has 0 N–H and O–H groups in total. The van der Waals surface area contributed by atoms with Crippen molar-refractivity contribution in [3.8, 4) is 0 Å². The Balaban J connectivity index is 1.80. The van der Waals surface area contributed by atoms with Gasteiger partial charge in [0, 0.05) is 9.82 Å². The third-order valence-corrected chi connectivity index (χ3v) is 4.51. The highest BCUT2D eigenvalue weighted by Crippen LogP contribution is 2.26. The highest BCUT2D eigenvalue weighted by molar-refractivity contribution is 5.89. The number of benzene rings is 2. The smallest absolute Gasteiger partial charge is 0.191 e. The number of carbonyl (C=O) groups is 1. The Morgan fingerprint density at radius 1 is 0.900 bits per heavy atom. The van der Waals surface area contributed by atoms with Gasteiger partial charge in [-0.3, -0.25) is 4.79 Å². The zero-order valence-corrected chi connectivity index (χ0v) is 16.0. The van der Waals surface area contributed by atoms with Gasteiger partial charge in [0.05, 0.1) is 19.8 Å². The summed E-state index contributed by atoms with van der Waals surface area (Å²) in [5.41, 5.74) is 19.4. The predicted molar refractivity (Wildman–Crippen MR) is 107 cm³/mol. The number of nitrogens with zero attached hydrogens (tertiary/aromatic N) is 6. The van der Waals surface area contributed by atoms with Crippen molar-refractivity contribution in [3.63, 3.8) is 0 Å². The molecule has 0 saturated carbocycles. The quantitative estimate of drug-likeness (QED) is 0.350. The van der Waals surface area contributed by atoms with Crippen LogP contribution < -0.4 is 0 Å². The first kappa shape index (κ1) is 21.3. The van der Waals surface area contributed by atoms with Crippen molar-refractivity contribution in [2.24, 2.45) is 10.2 Å². The van der Waals surface area contributed by atoms with Gasteiger partial charge in [-0.2, -0.15) is 0 Å². The molecule has 10 heteroatoms. The lowest BCUT2D eigenvalue weighted by Crippen LogP contribution is -2.56. The number of rotatable bonds is 9. The molecule has 0 spiro atoms. The van der Waals surface area contributed by atoms with Gasteiger partial charge in [0.25, 0.3) is 0 Å². The van der Waals surface area contributed by atoms with Crippen LogP contribution in [0.3, 0.4) is 0 Å². The van der Waals surface area contributed by atoms with Gasteiger partial charge in [-0.25, -0.2) is 0 Å². The molecular formula is C20H20N6O4. The first-order valence-electron chi connectivity index (χ1n) is 9.28. The molecule has 2 unspecified atom stereocenters. The summed E-state index contributed by atoms with van der Waals surface area (Å²) >= 11 is 0. The molecule has 0 aliphatic carbocycles. The van der Waals surface area contributed by atoms with E-state index >= 15 is 0 Å². The lowest BCUT2D eigenvalue weighted by Gasteiger charge is -2.37. The Morgan fingerprint density at radius 2 is 1.50 bits per heavy atom. The van der Waals surface area contributed by atoms with Crippen LogP contribution in [0, 0.1) is 0 Å². The van der Waals surface area contributed by atoms with Crippen molar-refractivity contribution in [1.82, 2.24) is 0 Å². The number of hydrogen-bond donors (Lipinski definition) is 0. The fraction of sp³-hybridized carbons (Fsp3) is 0.350. The van der Waals surface area contributed by atoms with Crippen LogP contribution in [-0.2, 0) is 32.2 Å². The van der Waals surface area contributed by atoms with Gasteiger partial charge < -0.3 is 14.2 Å². The van der Waals surface area contributed by atoms with Crippen LogP contribution in [0.1, 0.15) is 11.1 Å². The van der Waals surface area contributed by atoms with E-state index in [-0.39, 0.29) is 19.8 Å². The normalized spacial score (nSPS) is 23.3. The molecule has 30 heavy (non-hydrogen) atoms. The maximum absolute atomic E-state index is 12.9. The largest absolute Gasteiger partial charge is 0.365 e. The average Bonchev–Trinajstić information content (AvgIpc) is 2.79. The van der Waals surface area contributed by atoms with E-state index in [0.717, 1.165) is 11.1 Å². The van der Waals surface area contributed by atoms with E-state index in [0.29, 0.717) is 0 Å². The van der Waals surface area contributed by atoms with Crippen LogP contribution in [0.4, 0.5) is 0 Å². The van der Waals surface area contributed by atoms with Crippen molar-refractivity contribution in [3.05, 3.63) is 92.7 Å². The van der Waals surface area contributed by atoms with E-state index in [2.05, 4.69) is 20.1 Å². The summed E-state index contributed by atoms with van der Waals surface area (Å²) in [4.78, 5) is 18.4. The molecule has 1 aliphatic rings. The first-order chi connectivity index (χ1) is 14.7. The van der Waals surface area contributed by atoms with Gasteiger partial charge in [-0.15, -0.1) is 0 Å². The van der Waals surface area contributed by atoms with E-state index in [1.807, 2.05) is 60.7 Å². The monoisotopic (exact) mass is 408 g/mol. The SMILES string of the molecule is [N-]=[N+]=NC[C@H]1OC(OCc2ccccc2)C(N=[N+]=[N-])[C@@H](OCc2ccccc2)C1=O. The minimum Gasteiger partial charge on any atom is -0.365 e. The predicted octanol–water partition coefficient (Wildman–Crippen LogP) is 4.07. The standard InChI is InChI=1S/C20H20N6O4/c21-25-23-11-16-18(27)19(28-12-14-7-3-1-4-8-14)17(24-26-22)20(30-16)29-13-15-9-5-2-6-10-15/h1-10,16-17,19-20H,11-13H2/t16-,17?,19-,20?/m1/s1. The highest BCUT2D eigenvalue weighted by Gasteiger charge is 2.46. The van der Waals surface area contributed by atoms with Gasteiger partial charge in [-0.05, 0) is 22.2 Å². The molecular weight excluding hydrogens is 388 g/mol. The topological polar surface area (TPSA) is 142 Å². The first-order valence-corrected chi connectivity index (χ1v) is 9.28. The number of ketones is 1. The average molecular weight is 408 g/mol. The van der Waals surface area contributed by atoms with E-state index in [9.17, 15) is 4.79 Å². The molecule has 1 fully saturated rings. The minimum atomic E-state index is -1.10. The van der Waals surface area contributed by atoms with Gasteiger partial charge in [0.1, 0.15) is 18.2 Å². The number of hydrogen-bond acceptors (Lipinski definition) is 6. The van der Waals surface area contributed by atoms with Crippen LogP contribution in [0.2, 0.25) is 0 Å². The van der Waals surface area contributed by atoms with Gasteiger partial charge in [0.2, 0.25) is 0 Å². The molecule has 2 aromatic rings. The molecule has 2 aromatic carbocycles. The molecule has 4 atom stereocenters. The number of Topliss-reactive ketones (excluding diaryl/α,β-unsaturated/α-hetero) is 1. The van der Waals surface area contributed by atoms with Crippen molar-refractivity contribution < 1.29 is 19.0 Å². The molecule has 154 valence electrons. The minimum absolute atomic E-state index is 0.133. The third kappa shape index (κ3) is 5.57. The van der Waals surface area contributed by atoms with Gasteiger partial charge in [0.15, 0.2) is 12.1 Å². The number of carbonyl (C=O) groups excluding carboxylic acids is 1. The fourth-order valence-corrected chi connectivity index (χ4v) is 3.05. The second kappa shape index (κ2) is 11.0. The number of ether oxygens (including phenoxy) is 3. The maximum Gasteiger partial charge on any atom is 0.191 e. The molecule has 0 bridgehead atoms. The summed E-state index contributed by atoms with van der Waals surface area (Å²) < 4.78 is 17.3. The summed E-state index contributed by atoms with van der Waals surface area (Å²) in [5.74, 6) is -0.463. The summed E-state index contributed by atoms with van der Waals surface area (Å²) in [7, 11) is 0. The Labute approximate surface area is 172 Å². The second-order valence-electron chi connectivity index (χ2n) is 6.52. The highest BCUT2D eigenvalue weighted by atomic mass is 16.7. The van der Waals surface area contributed by atoms with Crippen molar-refractivity contribution in [2.75, 3.05) is 6.54 Å². The van der Waals surface area contributed by atoms with Crippen molar-refractivity contribution in [2.45, 2.75) is 37.8 Å². The summed E-state index contributed by atoms with van der Waals surface area (Å²) in [6.45, 7) is 0.0971. The Kier molecular flexibility index (Phi) is 7.79. The number of azide groups is 2. The lowest BCUT2D eigenvalue weighted by atomic mass is 9.98. The molecule has 10 nitrogen and oxygen atoms in total. The van der Waals surface area contributed by atoms with E-state index in [1.165, 1.54) is 0 Å². The molecule has 1 heterocycles. The van der Waals surface area contributed by atoms with Gasteiger partial charge >= 0.3 is 0 Å². The van der Waals surface area contributed by atoms with Gasteiger partial charge in [-0.1, -0.05) is 70.9 Å². The third-order valence-electron chi connectivity index (χ3n) is 4.51. The van der Waals surface area contributed by atoms with Crippen LogP contribution in [0.5, 0.6) is 0 Å². The Morgan fingerprint density at radius 3 is 2.07 bits per heavy atom. The lowest BCUT2D eigenvalue weighted by molar-refractivity contribution is -0.226. The molecule has 3 rings (SSSR count). The van der Waals surface area contributed by atoms with E-state index < -0.39 is 30.3 Å². The fourth-order valence-electron chi connectivity index (χ4n) is 3.05. The van der Waals surface area contributed by atoms with Crippen molar-refractivity contribution >= 4 is 5.78 Å².